The minimum Gasteiger partial charge on any atom is -2.00 e. The van der Waals surface area contributed by atoms with E-state index in [0.29, 0.717) is 6.61 Å². The van der Waals surface area contributed by atoms with Gasteiger partial charge in [-0.1, -0.05) is 0 Å². The monoisotopic (exact) mass is 227 g/mol. The summed E-state index contributed by atoms with van der Waals surface area (Å²) in [6.07, 6.45) is 0.896. The van der Waals surface area contributed by atoms with Crippen LogP contribution in [-0.4, -0.2) is 24.3 Å². The molecule has 0 spiro atoms. The van der Waals surface area contributed by atoms with Gasteiger partial charge in [-0.25, -0.2) is 4.79 Å². The zero-order valence-electron chi connectivity index (χ0n) is 7.52. The van der Waals surface area contributed by atoms with Crippen LogP contribution in [0, 0.1) is 0 Å². The van der Waals surface area contributed by atoms with E-state index >= 15 is 0 Å². The van der Waals surface area contributed by atoms with E-state index in [4.69, 9.17) is 5.11 Å². The van der Waals surface area contributed by atoms with Gasteiger partial charge >= 0.3 is 24.5 Å². The summed E-state index contributed by atoms with van der Waals surface area (Å²) in [4.78, 5) is 10.6. The maximum Gasteiger partial charge on any atom is 4.00 e. The predicted molar refractivity (Wildman–Crippen MR) is 39.7 cm³/mol. The molecule has 1 radical (unpaired) electrons. The molecule has 0 unspecified atom stereocenters. The van der Waals surface area contributed by atoms with Crippen LogP contribution >= 0.6 is 0 Å². The topological polar surface area (TPSA) is 84.3 Å². The molecule has 1 N–H and O–H groups in total. The van der Waals surface area contributed by atoms with Gasteiger partial charge in [0, 0.05) is 0 Å². The number of hydrogen-bond acceptors (Lipinski definition) is 4. The second-order valence-electron chi connectivity index (χ2n) is 1.67. The molecule has 0 saturated heterocycles. The quantitative estimate of drug-likeness (QED) is 0.438. The average molecular weight is 227 g/mol. The van der Waals surface area contributed by atoms with Crippen molar-refractivity contribution in [1.29, 1.82) is 0 Å². The number of esters is 1. The first-order chi connectivity index (χ1) is 5.20. The van der Waals surface area contributed by atoms with Crippen LogP contribution < -0.4 is 0 Å². The molecule has 0 aromatic rings. The molecule has 0 bridgehead atoms. The van der Waals surface area contributed by atoms with Crippen molar-refractivity contribution in [2.75, 3.05) is 13.2 Å². The summed E-state index contributed by atoms with van der Waals surface area (Å²) in [5.41, 5.74) is 0. The zero-order valence-corrected chi connectivity index (χ0v) is 8.92. The molecule has 0 saturated carbocycles. The van der Waals surface area contributed by atoms with Crippen molar-refractivity contribution in [2.45, 2.75) is 13.8 Å². The Morgan fingerprint density at radius 1 is 1.31 bits per heavy atom. The number of hydrogen-bond donors (Lipinski definition) is 1. The first-order valence-electron chi connectivity index (χ1n) is 3.40. The third-order valence-corrected chi connectivity index (χ3v) is 0.820. The smallest absolute Gasteiger partial charge is 2.00 e. The standard InChI is InChI=1S/C7H12O4.O.V/c1-3-10-6(8)5-7(9)11-4-2;;/h5,8H,3-4H2,1-2H3;;/q;-2;+4/b6-5+;;. The molecule has 0 aromatic heterocycles. The summed E-state index contributed by atoms with van der Waals surface area (Å²) in [6, 6.07) is 0. The van der Waals surface area contributed by atoms with Gasteiger partial charge < -0.3 is 20.1 Å². The minimum absolute atomic E-state index is 0. The van der Waals surface area contributed by atoms with Gasteiger partial charge in [-0.2, -0.15) is 0 Å². The largest absolute Gasteiger partial charge is 4.00 e. The van der Waals surface area contributed by atoms with E-state index in [1.165, 1.54) is 0 Å². The van der Waals surface area contributed by atoms with Crippen molar-refractivity contribution in [2.24, 2.45) is 0 Å². The molecule has 0 aliphatic rings. The molecular weight excluding hydrogens is 215 g/mol. The normalized spacial score (nSPS) is 9.23. The Kier molecular flexibility index (Phi) is 15.9. The van der Waals surface area contributed by atoms with Crippen LogP contribution in [0.5, 0.6) is 0 Å². The third-order valence-electron chi connectivity index (χ3n) is 0.820. The van der Waals surface area contributed by atoms with E-state index in [9.17, 15) is 4.79 Å². The maximum atomic E-state index is 10.6. The first-order valence-corrected chi connectivity index (χ1v) is 3.40. The average Bonchev–Trinajstić information content (AvgIpc) is 1.87. The number of ether oxygens (including phenoxy) is 2. The second kappa shape index (κ2) is 11.4. The first kappa shape index (κ1) is 18.2. The zero-order chi connectivity index (χ0) is 8.69. The fourth-order valence-electron chi connectivity index (χ4n) is 0.474. The van der Waals surface area contributed by atoms with Crippen LogP contribution in [0.3, 0.4) is 0 Å². The second-order valence-corrected chi connectivity index (χ2v) is 1.67. The fraction of sp³-hybridized carbons (Fsp3) is 0.571. The van der Waals surface area contributed by atoms with Crippen molar-refractivity contribution in [3.8, 4) is 0 Å². The van der Waals surface area contributed by atoms with Crippen molar-refractivity contribution in [1.82, 2.24) is 0 Å². The Balaban J connectivity index is -0.000000500. The summed E-state index contributed by atoms with van der Waals surface area (Å²) >= 11 is 0. The summed E-state index contributed by atoms with van der Waals surface area (Å²) in [6.45, 7) is 4.00. The fourth-order valence-corrected chi connectivity index (χ4v) is 0.474. The van der Waals surface area contributed by atoms with Crippen LogP contribution in [0.1, 0.15) is 13.8 Å². The van der Waals surface area contributed by atoms with Crippen LogP contribution in [0.25, 0.3) is 0 Å². The molecule has 0 heterocycles. The molecule has 0 aliphatic heterocycles. The summed E-state index contributed by atoms with van der Waals surface area (Å²) in [5, 5.41) is 8.78. The Bertz CT molecular complexity index is 157. The molecule has 6 heteroatoms. The van der Waals surface area contributed by atoms with Gasteiger partial charge in [0.15, 0.2) is 0 Å². The molecule has 0 atom stereocenters. The van der Waals surface area contributed by atoms with E-state index in [2.05, 4.69) is 9.47 Å². The molecule has 5 nitrogen and oxygen atoms in total. The van der Waals surface area contributed by atoms with E-state index in [-0.39, 0.29) is 30.6 Å². The summed E-state index contributed by atoms with van der Waals surface area (Å²) in [7, 11) is 0. The van der Waals surface area contributed by atoms with Gasteiger partial charge in [0.05, 0.1) is 13.2 Å². The molecule has 13 heavy (non-hydrogen) atoms. The van der Waals surface area contributed by atoms with Crippen molar-refractivity contribution >= 4 is 5.97 Å². The maximum absolute atomic E-state index is 10.6. The van der Waals surface area contributed by atoms with Crippen molar-refractivity contribution in [3.05, 3.63) is 12.0 Å². The van der Waals surface area contributed by atoms with Crippen LogP contribution in [0.15, 0.2) is 12.0 Å². The van der Waals surface area contributed by atoms with E-state index in [1.54, 1.807) is 13.8 Å². The van der Waals surface area contributed by atoms with Crippen molar-refractivity contribution < 1.29 is 43.4 Å². The van der Waals surface area contributed by atoms with Crippen molar-refractivity contribution in [3.63, 3.8) is 0 Å². The van der Waals surface area contributed by atoms with Gasteiger partial charge in [-0.15, -0.1) is 0 Å². The van der Waals surface area contributed by atoms with E-state index < -0.39 is 11.9 Å². The molecule has 73 valence electrons. The Morgan fingerprint density at radius 2 is 1.77 bits per heavy atom. The molecule has 0 fully saturated rings. The van der Waals surface area contributed by atoms with Gasteiger partial charge in [-0.3, -0.25) is 0 Å². The Hall–Kier alpha value is -0.646. The van der Waals surface area contributed by atoms with E-state index in [0.717, 1.165) is 6.08 Å². The van der Waals surface area contributed by atoms with Gasteiger partial charge in [0.2, 0.25) is 0 Å². The summed E-state index contributed by atoms with van der Waals surface area (Å²) in [5.74, 6) is -1.01. The van der Waals surface area contributed by atoms with E-state index in [1.807, 2.05) is 0 Å². The Morgan fingerprint density at radius 3 is 2.15 bits per heavy atom. The van der Waals surface area contributed by atoms with Crippen LogP contribution in [0.4, 0.5) is 0 Å². The predicted octanol–water partition coefficient (Wildman–Crippen LogP) is 0.864. The van der Waals surface area contributed by atoms with Gasteiger partial charge in [-0.05, 0) is 13.8 Å². The molecule has 0 aliphatic carbocycles. The van der Waals surface area contributed by atoms with Gasteiger partial charge in [0.25, 0.3) is 5.95 Å². The molecular formula is C7H12O5V+2. The number of aliphatic hydroxyl groups is 1. The molecule has 0 rings (SSSR count). The number of rotatable bonds is 4. The molecule has 0 amide bonds. The third kappa shape index (κ3) is 11.4. The SMILES string of the molecule is CCOC(=O)/C=C(\O)OCC.[O-2].[V+4]. The van der Waals surface area contributed by atoms with Crippen LogP contribution in [0.2, 0.25) is 0 Å². The minimum atomic E-state index is -0.599. The number of carbonyl (C=O) groups is 1. The van der Waals surface area contributed by atoms with Gasteiger partial charge in [0.1, 0.15) is 6.08 Å². The molecule has 0 aromatic carbocycles. The number of carbonyl (C=O) groups excluding carboxylic acids is 1. The Labute approximate surface area is 88.9 Å². The summed E-state index contributed by atoms with van der Waals surface area (Å²) < 4.78 is 9.08. The number of aliphatic hydroxyl groups excluding tert-OH is 1. The van der Waals surface area contributed by atoms with Crippen LogP contribution in [-0.2, 0) is 38.3 Å².